The lowest BCUT2D eigenvalue weighted by molar-refractivity contribution is -0.165. The van der Waals surface area contributed by atoms with Gasteiger partial charge in [0.25, 0.3) is 0 Å². The average molecular weight is 364 g/mol. The highest BCUT2D eigenvalue weighted by atomic mass is 19.4. The number of hydrogen-bond acceptors (Lipinski definition) is 2. The first-order valence-corrected chi connectivity index (χ1v) is 8.88. The summed E-state index contributed by atoms with van der Waals surface area (Å²) in [6.45, 7) is 4.24. The topological polar surface area (TPSA) is 33.2 Å². The number of aromatic nitrogens is 1. The minimum absolute atomic E-state index is 0.0529. The van der Waals surface area contributed by atoms with Gasteiger partial charge in [-0.2, -0.15) is 13.2 Å². The number of carbonyl (C=O) groups is 1. The van der Waals surface area contributed by atoms with Gasteiger partial charge in [-0.15, -0.1) is 0 Å². The highest BCUT2D eigenvalue weighted by Gasteiger charge is 2.40. The summed E-state index contributed by atoms with van der Waals surface area (Å²) in [5.74, 6) is -0.303. The number of benzene rings is 1. The lowest BCUT2D eigenvalue weighted by Crippen LogP contribution is -2.46. The van der Waals surface area contributed by atoms with Crippen molar-refractivity contribution in [3.05, 3.63) is 41.1 Å². The van der Waals surface area contributed by atoms with Crippen molar-refractivity contribution in [3.63, 3.8) is 0 Å². The van der Waals surface area contributed by atoms with E-state index in [1.807, 2.05) is 31.2 Å². The Bertz CT molecular complexity index is 828. The molecular weight excluding hydrogens is 341 g/mol. The Balaban J connectivity index is 1.90. The zero-order chi connectivity index (χ0) is 19.1. The third-order valence-electron chi connectivity index (χ3n) is 5.28. The zero-order valence-corrected chi connectivity index (χ0v) is 15.2. The van der Waals surface area contributed by atoms with Gasteiger partial charge >= 0.3 is 6.18 Å². The molecule has 26 heavy (non-hydrogen) atoms. The Morgan fingerprint density at radius 1 is 1.27 bits per heavy atom. The van der Waals surface area contributed by atoms with Crippen LogP contribution < -0.4 is 0 Å². The minimum Gasteiger partial charge on any atom is -0.330 e. The second-order valence-electron chi connectivity index (χ2n) is 7.21. The van der Waals surface area contributed by atoms with Crippen molar-refractivity contribution in [2.24, 2.45) is 5.92 Å². The van der Waals surface area contributed by atoms with Crippen LogP contribution in [0.25, 0.3) is 10.9 Å². The maximum atomic E-state index is 13.0. The molecule has 1 heterocycles. The number of hydrogen-bond donors (Lipinski definition) is 0. The van der Waals surface area contributed by atoms with Crippen molar-refractivity contribution >= 4 is 16.8 Å². The molecule has 3 nitrogen and oxygen atoms in total. The molecule has 1 fully saturated rings. The Labute approximate surface area is 151 Å². The summed E-state index contributed by atoms with van der Waals surface area (Å²) in [4.78, 5) is 18.3. The number of rotatable bonds is 5. The lowest BCUT2D eigenvalue weighted by atomic mass is 9.98. The Hall–Kier alpha value is -2.11. The van der Waals surface area contributed by atoms with E-state index in [-0.39, 0.29) is 12.3 Å². The van der Waals surface area contributed by atoms with Gasteiger partial charge in [-0.25, -0.2) is 0 Å². The van der Waals surface area contributed by atoms with Crippen molar-refractivity contribution in [1.82, 2.24) is 9.88 Å². The first-order valence-electron chi connectivity index (χ1n) is 8.88. The number of para-hydroxylation sites is 1. The SMILES string of the molecule is Cc1nc2ccccc2c(C)c1CC(=O)N(CC(F)(F)F)C(C)C1CC1. The van der Waals surface area contributed by atoms with Crippen molar-refractivity contribution in [2.75, 3.05) is 6.54 Å². The predicted octanol–water partition coefficient (Wildman–Crippen LogP) is 4.58. The van der Waals surface area contributed by atoms with Gasteiger partial charge in [0.05, 0.1) is 11.9 Å². The molecule has 1 atom stereocenters. The maximum absolute atomic E-state index is 13.0. The van der Waals surface area contributed by atoms with E-state index in [1.165, 1.54) is 0 Å². The van der Waals surface area contributed by atoms with E-state index in [4.69, 9.17) is 0 Å². The minimum atomic E-state index is -4.40. The van der Waals surface area contributed by atoms with Crippen molar-refractivity contribution in [3.8, 4) is 0 Å². The molecule has 1 amide bonds. The van der Waals surface area contributed by atoms with Gasteiger partial charge in [-0.1, -0.05) is 18.2 Å². The molecule has 0 bridgehead atoms. The molecule has 6 heteroatoms. The Kier molecular flexibility index (Phi) is 4.95. The molecular formula is C20H23F3N2O. The van der Waals surface area contributed by atoms with Crippen LogP contribution in [0.1, 0.15) is 36.6 Å². The summed E-state index contributed by atoms with van der Waals surface area (Å²) in [6, 6.07) is 7.21. The molecule has 1 aromatic heterocycles. The van der Waals surface area contributed by atoms with Crippen LogP contribution >= 0.6 is 0 Å². The van der Waals surface area contributed by atoms with Crippen LogP contribution in [-0.2, 0) is 11.2 Å². The van der Waals surface area contributed by atoms with Crippen LogP contribution in [0.4, 0.5) is 13.2 Å². The fourth-order valence-corrected chi connectivity index (χ4v) is 3.57. The molecule has 1 aliphatic rings. The van der Waals surface area contributed by atoms with Gasteiger partial charge in [0, 0.05) is 17.1 Å². The van der Waals surface area contributed by atoms with Crippen LogP contribution in [0, 0.1) is 19.8 Å². The van der Waals surface area contributed by atoms with E-state index in [9.17, 15) is 18.0 Å². The van der Waals surface area contributed by atoms with E-state index in [2.05, 4.69) is 4.98 Å². The predicted molar refractivity (Wildman–Crippen MR) is 94.9 cm³/mol. The summed E-state index contributed by atoms with van der Waals surface area (Å²) >= 11 is 0. The highest BCUT2D eigenvalue weighted by Crippen LogP contribution is 2.36. The normalized spacial score (nSPS) is 15.9. The molecule has 3 rings (SSSR count). The van der Waals surface area contributed by atoms with E-state index < -0.39 is 24.7 Å². The fourth-order valence-electron chi connectivity index (χ4n) is 3.57. The number of pyridine rings is 1. The number of alkyl halides is 3. The van der Waals surface area contributed by atoms with Crippen molar-refractivity contribution in [1.29, 1.82) is 0 Å². The van der Waals surface area contributed by atoms with Crippen LogP contribution in [0.15, 0.2) is 24.3 Å². The van der Waals surface area contributed by atoms with Gasteiger partial charge in [-0.05, 0) is 56.7 Å². The number of amides is 1. The molecule has 0 radical (unpaired) electrons. The summed E-state index contributed by atoms with van der Waals surface area (Å²) in [7, 11) is 0. The van der Waals surface area contributed by atoms with Gasteiger partial charge in [0.1, 0.15) is 6.54 Å². The molecule has 0 N–H and O–H groups in total. The number of halogens is 3. The standard InChI is InChI=1S/C20H23F3N2O/c1-12-16-6-4-5-7-18(16)24-13(2)17(12)10-19(26)25(11-20(21,22)23)14(3)15-8-9-15/h4-7,14-15H,8-11H2,1-3H3. The van der Waals surface area contributed by atoms with Gasteiger partial charge in [0.15, 0.2) is 0 Å². The summed E-state index contributed by atoms with van der Waals surface area (Å²) in [6.07, 6.45) is -2.68. The van der Waals surface area contributed by atoms with Crippen LogP contribution in [0.3, 0.4) is 0 Å². The number of carbonyl (C=O) groups excluding carboxylic acids is 1. The monoisotopic (exact) mass is 364 g/mol. The summed E-state index contributed by atoms with van der Waals surface area (Å²) < 4.78 is 39.0. The fraction of sp³-hybridized carbons (Fsp3) is 0.500. The van der Waals surface area contributed by atoms with E-state index >= 15 is 0 Å². The molecule has 2 aromatic rings. The Morgan fingerprint density at radius 3 is 2.54 bits per heavy atom. The third kappa shape index (κ3) is 4.00. The molecule has 1 aromatic carbocycles. The van der Waals surface area contributed by atoms with Crippen LogP contribution in [0.2, 0.25) is 0 Å². The van der Waals surface area contributed by atoms with Crippen LogP contribution in [0.5, 0.6) is 0 Å². The second-order valence-corrected chi connectivity index (χ2v) is 7.21. The molecule has 1 unspecified atom stereocenters. The number of fused-ring (bicyclic) bond motifs is 1. The molecule has 1 aliphatic carbocycles. The van der Waals surface area contributed by atoms with Gasteiger partial charge in [0.2, 0.25) is 5.91 Å². The number of nitrogens with zero attached hydrogens (tertiary/aromatic N) is 2. The largest absolute Gasteiger partial charge is 0.406 e. The van der Waals surface area contributed by atoms with Gasteiger partial charge in [-0.3, -0.25) is 9.78 Å². The van der Waals surface area contributed by atoms with Crippen LogP contribution in [-0.4, -0.2) is 34.6 Å². The average Bonchev–Trinajstić information content (AvgIpc) is 3.40. The zero-order valence-electron chi connectivity index (χ0n) is 15.2. The van der Waals surface area contributed by atoms with Crippen molar-refractivity contribution in [2.45, 2.75) is 52.3 Å². The van der Waals surface area contributed by atoms with E-state index in [0.717, 1.165) is 39.8 Å². The number of aryl methyl sites for hydroxylation is 2. The molecule has 140 valence electrons. The Morgan fingerprint density at radius 2 is 1.92 bits per heavy atom. The van der Waals surface area contributed by atoms with Crippen molar-refractivity contribution < 1.29 is 18.0 Å². The lowest BCUT2D eigenvalue weighted by Gasteiger charge is -2.30. The maximum Gasteiger partial charge on any atom is 0.406 e. The summed E-state index contributed by atoms with van der Waals surface area (Å²) in [5, 5.41) is 0.929. The molecule has 0 saturated heterocycles. The second kappa shape index (κ2) is 6.89. The molecule has 1 saturated carbocycles. The summed E-state index contributed by atoms with van der Waals surface area (Å²) in [5.41, 5.74) is 3.16. The first-order chi connectivity index (χ1) is 12.2. The van der Waals surface area contributed by atoms with E-state index in [0.29, 0.717) is 5.69 Å². The molecule has 0 aliphatic heterocycles. The highest BCUT2D eigenvalue weighted by molar-refractivity contribution is 5.86. The first kappa shape index (κ1) is 18.7. The van der Waals surface area contributed by atoms with E-state index in [1.54, 1.807) is 13.8 Å². The third-order valence-corrected chi connectivity index (χ3v) is 5.28. The smallest absolute Gasteiger partial charge is 0.330 e. The molecule has 0 spiro atoms. The van der Waals surface area contributed by atoms with Gasteiger partial charge < -0.3 is 4.90 Å². The quantitative estimate of drug-likeness (QED) is 0.778.